The summed E-state index contributed by atoms with van der Waals surface area (Å²) < 4.78 is 3.82. The smallest absolute Gasteiger partial charge is 0.180 e. The molecule has 0 spiro atoms. The molecule has 1 N–H and O–H groups in total. The standard InChI is InChI=1S/C23H17N7/c1-8-26-30(10-1)20-6-4-19(5-7-20)27-22-23-25-9-11-29(23)15-21(28-22)16-2-3-17-13-24-14-18(17)12-16/h1-13,15H,14H2,(H,27,28). The van der Waals surface area contributed by atoms with Gasteiger partial charge in [-0.15, -0.1) is 0 Å². The van der Waals surface area contributed by atoms with Crippen LogP contribution in [0.2, 0.25) is 0 Å². The molecule has 0 fully saturated rings. The Balaban J connectivity index is 1.37. The Morgan fingerprint density at radius 3 is 2.77 bits per heavy atom. The van der Waals surface area contributed by atoms with Crippen molar-refractivity contribution in [3.63, 3.8) is 0 Å². The highest BCUT2D eigenvalue weighted by Crippen LogP contribution is 2.27. The van der Waals surface area contributed by atoms with Crippen LogP contribution in [0.15, 0.2) is 84.5 Å². The van der Waals surface area contributed by atoms with Crippen molar-refractivity contribution in [2.75, 3.05) is 5.32 Å². The molecule has 2 aromatic carbocycles. The van der Waals surface area contributed by atoms with Gasteiger partial charge in [0.05, 0.1) is 17.9 Å². The average molecular weight is 391 g/mol. The molecule has 1 aliphatic heterocycles. The predicted octanol–water partition coefficient (Wildman–Crippen LogP) is 4.26. The number of aromatic nitrogens is 5. The Morgan fingerprint density at radius 2 is 1.90 bits per heavy atom. The lowest BCUT2D eigenvalue weighted by molar-refractivity contribution is 0.881. The van der Waals surface area contributed by atoms with Gasteiger partial charge in [0.2, 0.25) is 0 Å². The van der Waals surface area contributed by atoms with Crippen molar-refractivity contribution < 1.29 is 0 Å². The van der Waals surface area contributed by atoms with Crippen molar-refractivity contribution >= 4 is 23.4 Å². The quantitative estimate of drug-likeness (QED) is 0.497. The zero-order valence-electron chi connectivity index (χ0n) is 16.0. The van der Waals surface area contributed by atoms with Crippen LogP contribution in [-0.4, -0.2) is 30.4 Å². The van der Waals surface area contributed by atoms with Gasteiger partial charge in [0.15, 0.2) is 11.5 Å². The van der Waals surface area contributed by atoms with Crippen molar-refractivity contribution in [2.24, 2.45) is 4.99 Å². The molecule has 0 bridgehead atoms. The number of benzene rings is 2. The van der Waals surface area contributed by atoms with E-state index in [4.69, 9.17) is 4.98 Å². The highest BCUT2D eigenvalue weighted by atomic mass is 15.3. The first-order valence-electron chi connectivity index (χ1n) is 9.67. The second kappa shape index (κ2) is 6.66. The van der Waals surface area contributed by atoms with E-state index in [2.05, 4.69) is 38.6 Å². The van der Waals surface area contributed by atoms with E-state index in [1.807, 2.05) is 64.2 Å². The summed E-state index contributed by atoms with van der Waals surface area (Å²) in [5, 5.41) is 7.68. The Labute approximate surface area is 172 Å². The third kappa shape index (κ3) is 2.84. The number of hydrogen-bond acceptors (Lipinski definition) is 5. The van der Waals surface area contributed by atoms with Gasteiger partial charge in [-0.2, -0.15) is 5.10 Å². The SMILES string of the molecule is C1=NCc2cc(-c3cn4ccnc4c(Nc4ccc(-n5cccn5)cc4)n3)ccc21. The summed E-state index contributed by atoms with van der Waals surface area (Å²) in [5.74, 6) is 0.709. The van der Waals surface area contributed by atoms with Crippen molar-refractivity contribution in [1.29, 1.82) is 0 Å². The van der Waals surface area contributed by atoms with Gasteiger partial charge in [0.1, 0.15) is 0 Å². The highest BCUT2D eigenvalue weighted by Gasteiger charge is 2.12. The summed E-state index contributed by atoms with van der Waals surface area (Å²) in [7, 11) is 0. The highest BCUT2D eigenvalue weighted by molar-refractivity contribution is 5.86. The first kappa shape index (κ1) is 16.7. The summed E-state index contributed by atoms with van der Waals surface area (Å²) >= 11 is 0. The van der Waals surface area contributed by atoms with E-state index in [1.165, 1.54) is 11.1 Å². The Morgan fingerprint density at radius 1 is 0.967 bits per heavy atom. The van der Waals surface area contributed by atoms with Crippen molar-refractivity contribution in [3.05, 3.63) is 90.6 Å². The lowest BCUT2D eigenvalue weighted by atomic mass is 10.0. The third-order valence-corrected chi connectivity index (χ3v) is 5.20. The van der Waals surface area contributed by atoms with Crippen LogP contribution >= 0.6 is 0 Å². The molecule has 6 rings (SSSR count). The number of rotatable bonds is 4. The molecule has 7 nitrogen and oxygen atoms in total. The van der Waals surface area contributed by atoms with Crippen LogP contribution in [0, 0.1) is 0 Å². The summed E-state index contributed by atoms with van der Waals surface area (Å²) in [6.07, 6.45) is 11.3. The van der Waals surface area contributed by atoms with Crippen LogP contribution in [0.5, 0.6) is 0 Å². The molecule has 1 aliphatic rings. The summed E-state index contributed by atoms with van der Waals surface area (Å²) in [4.78, 5) is 13.7. The number of aliphatic imine (C=N–C) groups is 1. The maximum absolute atomic E-state index is 4.88. The molecule has 0 radical (unpaired) electrons. The molecule has 0 saturated heterocycles. The lowest BCUT2D eigenvalue weighted by Crippen LogP contribution is -2.01. The Hall–Kier alpha value is -4.26. The topological polar surface area (TPSA) is 72.4 Å². The van der Waals surface area contributed by atoms with Crippen LogP contribution in [0.1, 0.15) is 11.1 Å². The molecular weight excluding hydrogens is 374 g/mol. The van der Waals surface area contributed by atoms with Gasteiger partial charge in [-0.1, -0.05) is 12.1 Å². The number of anilines is 2. The predicted molar refractivity (Wildman–Crippen MR) is 117 cm³/mol. The zero-order chi connectivity index (χ0) is 19.9. The van der Waals surface area contributed by atoms with Crippen molar-refractivity contribution in [3.8, 4) is 16.9 Å². The van der Waals surface area contributed by atoms with E-state index in [9.17, 15) is 0 Å². The molecule has 7 heteroatoms. The van der Waals surface area contributed by atoms with Gasteiger partial charge < -0.3 is 9.72 Å². The fraction of sp³-hybridized carbons (Fsp3) is 0.0435. The number of nitrogens with one attached hydrogen (secondary N) is 1. The molecule has 0 aliphatic carbocycles. The fourth-order valence-corrected chi connectivity index (χ4v) is 3.68. The molecule has 0 amide bonds. The molecule has 0 atom stereocenters. The maximum atomic E-state index is 4.88. The maximum Gasteiger partial charge on any atom is 0.180 e. The monoisotopic (exact) mass is 391 g/mol. The van der Waals surface area contributed by atoms with Gasteiger partial charge in [0.25, 0.3) is 0 Å². The fourth-order valence-electron chi connectivity index (χ4n) is 3.68. The molecule has 30 heavy (non-hydrogen) atoms. The van der Waals surface area contributed by atoms with Crippen molar-refractivity contribution in [2.45, 2.75) is 6.54 Å². The van der Waals surface area contributed by atoms with Gasteiger partial charge in [0, 0.05) is 48.4 Å². The summed E-state index contributed by atoms with van der Waals surface area (Å²) in [6.45, 7) is 0.726. The third-order valence-electron chi connectivity index (χ3n) is 5.20. The number of hydrogen-bond donors (Lipinski definition) is 1. The second-order valence-electron chi connectivity index (χ2n) is 7.14. The Bertz CT molecular complexity index is 1380. The molecule has 3 aromatic heterocycles. The second-order valence-corrected chi connectivity index (χ2v) is 7.14. The molecule has 5 aromatic rings. The van der Waals surface area contributed by atoms with Crippen LogP contribution in [0.25, 0.3) is 22.6 Å². The molecule has 0 saturated carbocycles. The van der Waals surface area contributed by atoms with E-state index in [-0.39, 0.29) is 0 Å². The van der Waals surface area contributed by atoms with E-state index >= 15 is 0 Å². The van der Waals surface area contributed by atoms with Crippen LogP contribution in [-0.2, 0) is 6.54 Å². The van der Waals surface area contributed by atoms with E-state index in [0.29, 0.717) is 5.82 Å². The molecular formula is C23H17N7. The normalized spacial score (nSPS) is 12.4. The van der Waals surface area contributed by atoms with Crippen LogP contribution in [0.3, 0.4) is 0 Å². The molecule has 4 heterocycles. The van der Waals surface area contributed by atoms with Gasteiger partial charge in [-0.05, 0) is 47.5 Å². The summed E-state index contributed by atoms with van der Waals surface area (Å²) in [6, 6.07) is 16.3. The van der Waals surface area contributed by atoms with E-state index < -0.39 is 0 Å². The van der Waals surface area contributed by atoms with Crippen LogP contribution < -0.4 is 5.32 Å². The summed E-state index contributed by atoms with van der Waals surface area (Å²) in [5.41, 5.74) is 7.06. The minimum Gasteiger partial charge on any atom is -0.337 e. The molecule has 144 valence electrons. The lowest BCUT2D eigenvalue weighted by Gasteiger charge is -2.11. The number of imidazole rings is 1. The average Bonchev–Trinajstić information content (AvgIpc) is 3.54. The first-order valence-corrected chi connectivity index (χ1v) is 9.67. The van der Waals surface area contributed by atoms with Crippen molar-refractivity contribution in [1.82, 2.24) is 24.1 Å². The number of nitrogens with zero attached hydrogens (tertiary/aromatic N) is 6. The van der Waals surface area contributed by atoms with Crippen LogP contribution in [0.4, 0.5) is 11.5 Å². The zero-order valence-corrected chi connectivity index (χ0v) is 16.0. The largest absolute Gasteiger partial charge is 0.337 e. The van der Waals surface area contributed by atoms with Gasteiger partial charge in [-0.3, -0.25) is 4.99 Å². The van der Waals surface area contributed by atoms with Gasteiger partial charge in [-0.25, -0.2) is 14.6 Å². The first-order chi connectivity index (χ1) is 14.8. The minimum absolute atomic E-state index is 0.709. The molecule has 0 unspecified atom stereocenters. The number of fused-ring (bicyclic) bond motifs is 2. The Kier molecular flexibility index (Phi) is 3.70. The van der Waals surface area contributed by atoms with E-state index in [0.717, 1.165) is 34.8 Å². The minimum atomic E-state index is 0.709. The van der Waals surface area contributed by atoms with Gasteiger partial charge >= 0.3 is 0 Å². The van der Waals surface area contributed by atoms with E-state index in [1.54, 1.807) is 12.4 Å².